The molecule has 0 saturated heterocycles. The summed E-state index contributed by atoms with van der Waals surface area (Å²) in [4.78, 5) is 22.4. The number of hydrogen-bond acceptors (Lipinski definition) is 4. The van der Waals surface area contributed by atoms with Gasteiger partial charge in [-0.25, -0.2) is 0 Å². The molecule has 21 heavy (non-hydrogen) atoms. The Kier molecular flexibility index (Phi) is 4.30. The van der Waals surface area contributed by atoms with E-state index < -0.39 is 16.5 Å². The Labute approximate surface area is 129 Å². The second-order valence-electron chi connectivity index (χ2n) is 4.01. The number of phenols is 1. The summed E-state index contributed by atoms with van der Waals surface area (Å²) in [7, 11) is 0. The molecule has 6 nitrogen and oxygen atoms in total. The third kappa shape index (κ3) is 3.24. The average Bonchev–Trinajstić information content (AvgIpc) is 2.41. The van der Waals surface area contributed by atoms with Gasteiger partial charge in [-0.3, -0.25) is 14.9 Å². The lowest BCUT2D eigenvalue weighted by Crippen LogP contribution is -2.14. The van der Waals surface area contributed by atoms with Crippen molar-refractivity contribution in [2.24, 2.45) is 0 Å². The summed E-state index contributed by atoms with van der Waals surface area (Å²) in [5, 5.41) is 22.7. The van der Waals surface area contributed by atoms with E-state index in [1.54, 1.807) is 0 Å². The summed E-state index contributed by atoms with van der Waals surface area (Å²) >= 11 is 11.7. The van der Waals surface area contributed by atoms with Crippen molar-refractivity contribution in [1.82, 2.24) is 0 Å². The SMILES string of the molecule is O=C(Nc1ccc(O)cc1Cl)c1c(Cl)cccc1[N+](=O)[O-]. The number of halogens is 2. The van der Waals surface area contributed by atoms with Crippen LogP contribution in [0.15, 0.2) is 36.4 Å². The van der Waals surface area contributed by atoms with Gasteiger partial charge in [0.1, 0.15) is 11.3 Å². The predicted molar refractivity (Wildman–Crippen MR) is 79.2 cm³/mol. The van der Waals surface area contributed by atoms with Crippen LogP contribution < -0.4 is 5.32 Å². The van der Waals surface area contributed by atoms with Gasteiger partial charge in [-0.1, -0.05) is 29.3 Å². The van der Waals surface area contributed by atoms with E-state index in [1.807, 2.05) is 0 Å². The van der Waals surface area contributed by atoms with E-state index in [-0.39, 0.29) is 27.0 Å². The fraction of sp³-hybridized carbons (Fsp3) is 0. The molecule has 0 radical (unpaired) electrons. The van der Waals surface area contributed by atoms with E-state index in [0.29, 0.717) is 0 Å². The van der Waals surface area contributed by atoms with Gasteiger partial charge in [-0.05, 0) is 18.2 Å². The van der Waals surface area contributed by atoms with Gasteiger partial charge in [0.15, 0.2) is 0 Å². The number of carbonyl (C=O) groups excluding carboxylic acids is 1. The molecule has 2 aromatic carbocycles. The normalized spacial score (nSPS) is 10.2. The van der Waals surface area contributed by atoms with E-state index in [4.69, 9.17) is 23.2 Å². The lowest BCUT2D eigenvalue weighted by atomic mass is 10.1. The number of benzene rings is 2. The molecule has 0 fully saturated rings. The highest BCUT2D eigenvalue weighted by Gasteiger charge is 2.23. The molecule has 0 aliphatic carbocycles. The molecule has 0 bridgehead atoms. The van der Waals surface area contributed by atoms with Gasteiger partial charge in [0, 0.05) is 12.1 Å². The Morgan fingerprint density at radius 3 is 2.52 bits per heavy atom. The Balaban J connectivity index is 2.39. The summed E-state index contributed by atoms with van der Waals surface area (Å²) in [5.41, 5.74) is -0.461. The highest BCUT2D eigenvalue weighted by atomic mass is 35.5. The molecule has 0 heterocycles. The minimum absolute atomic E-state index is 0.0448. The smallest absolute Gasteiger partial charge is 0.283 e. The fourth-order valence-corrected chi connectivity index (χ4v) is 2.16. The van der Waals surface area contributed by atoms with E-state index in [0.717, 1.165) is 0 Å². The van der Waals surface area contributed by atoms with Gasteiger partial charge in [0.25, 0.3) is 11.6 Å². The maximum atomic E-state index is 12.2. The molecule has 8 heteroatoms. The molecule has 2 N–H and O–H groups in total. The van der Waals surface area contributed by atoms with Gasteiger partial charge >= 0.3 is 0 Å². The molecule has 0 aromatic heterocycles. The van der Waals surface area contributed by atoms with Crippen LogP contribution in [0.5, 0.6) is 5.75 Å². The van der Waals surface area contributed by atoms with E-state index in [2.05, 4.69) is 5.32 Å². The summed E-state index contributed by atoms with van der Waals surface area (Å²) in [6.45, 7) is 0. The topological polar surface area (TPSA) is 92.5 Å². The Morgan fingerprint density at radius 1 is 1.19 bits per heavy atom. The van der Waals surface area contributed by atoms with E-state index >= 15 is 0 Å². The first kappa shape index (κ1) is 15.1. The van der Waals surface area contributed by atoms with Crippen molar-refractivity contribution >= 4 is 40.5 Å². The number of anilines is 1. The molecular formula is C13H8Cl2N2O4. The van der Waals surface area contributed by atoms with E-state index in [1.165, 1.54) is 36.4 Å². The monoisotopic (exact) mass is 326 g/mol. The molecule has 0 spiro atoms. The molecule has 2 aromatic rings. The van der Waals surface area contributed by atoms with Crippen molar-refractivity contribution in [3.63, 3.8) is 0 Å². The Hall–Kier alpha value is -2.31. The number of nitrogens with zero attached hydrogens (tertiary/aromatic N) is 1. The molecule has 0 aliphatic rings. The van der Waals surface area contributed by atoms with Crippen molar-refractivity contribution in [3.8, 4) is 5.75 Å². The number of aromatic hydroxyl groups is 1. The Bertz CT molecular complexity index is 734. The van der Waals surface area contributed by atoms with Gasteiger partial charge in [0.2, 0.25) is 0 Å². The van der Waals surface area contributed by atoms with Crippen LogP contribution in [0.2, 0.25) is 10.0 Å². The maximum absolute atomic E-state index is 12.2. The first-order chi connectivity index (χ1) is 9.90. The van der Waals surface area contributed by atoms with Gasteiger partial charge in [-0.2, -0.15) is 0 Å². The molecule has 2 rings (SSSR count). The first-order valence-electron chi connectivity index (χ1n) is 5.63. The summed E-state index contributed by atoms with van der Waals surface area (Å²) in [6.07, 6.45) is 0. The fourth-order valence-electron chi connectivity index (χ4n) is 1.68. The highest BCUT2D eigenvalue weighted by Crippen LogP contribution is 2.30. The first-order valence-corrected chi connectivity index (χ1v) is 6.38. The molecule has 0 aliphatic heterocycles. The van der Waals surface area contributed by atoms with Gasteiger partial charge in [0.05, 0.1) is 20.7 Å². The highest BCUT2D eigenvalue weighted by molar-refractivity contribution is 6.36. The van der Waals surface area contributed by atoms with Crippen LogP contribution in [0.25, 0.3) is 0 Å². The van der Waals surface area contributed by atoms with Crippen molar-refractivity contribution in [2.75, 3.05) is 5.32 Å². The van der Waals surface area contributed by atoms with Crippen LogP contribution in [0, 0.1) is 10.1 Å². The maximum Gasteiger partial charge on any atom is 0.283 e. The molecule has 0 unspecified atom stereocenters. The molecule has 1 amide bonds. The second-order valence-corrected chi connectivity index (χ2v) is 4.82. The van der Waals surface area contributed by atoms with Crippen LogP contribution in [-0.2, 0) is 0 Å². The summed E-state index contributed by atoms with van der Waals surface area (Å²) in [6, 6.07) is 7.87. The zero-order valence-corrected chi connectivity index (χ0v) is 11.9. The average molecular weight is 327 g/mol. The number of nitro benzene ring substituents is 1. The van der Waals surface area contributed by atoms with Crippen LogP contribution in [0.3, 0.4) is 0 Å². The molecule has 0 atom stereocenters. The predicted octanol–water partition coefficient (Wildman–Crippen LogP) is 3.86. The number of nitro groups is 1. The number of phenolic OH excluding ortho intramolecular Hbond substituents is 1. The summed E-state index contributed by atoms with van der Waals surface area (Å²) < 4.78 is 0. The van der Waals surface area contributed by atoms with Crippen LogP contribution in [0.4, 0.5) is 11.4 Å². The largest absolute Gasteiger partial charge is 0.508 e. The van der Waals surface area contributed by atoms with E-state index in [9.17, 15) is 20.0 Å². The number of nitrogens with one attached hydrogen (secondary N) is 1. The third-order valence-electron chi connectivity index (χ3n) is 2.62. The lowest BCUT2D eigenvalue weighted by Gasteiger charge is -2.09. The molecule has 108 valence electrons. The zero-order valence-electron chi connectivity index (χ0n) is 10.3. The zero-order chi connectivity index (χ0) is 15.6. The quantitative estimate of drug-likeness (QED) is 0.508. The number of carbonyl (C=O) groups is 1. The minimum Gasteiger partial charge on any atom is -0.508 e. The molecule has 0 saturated carbocycles. The van der Waals surface area contributed by atoms with Gasteiger partial charge < -0.3 is 10.4 Å². The van der Waals surface area contributed by atoms with Crippen molar-refractivity contribution in [2.45, 2.75) is 0 Å². The number of rotatable bonds is 3. The van der Waals surface area contributed by atoms with Crippen molar-refractivity contribution in [3.05, 3.63) is 62.1 Å². The third-order valence-corrected chi connectivity index (χ3v) is 3.24. The standard InChI is InChI=1S/C13H8Cl2N2O4/c14-8-2-1-3-11(17(20)21)12(8)13(19)16-10-5-4-7(18)6-9(10)15/h1-6,18H,(H,16,19). The van der Waals surface area contributed by atoms with Crippen LogP contribution >= 0.6 is 23.2 Å². The van der Waals surface area contributed by atoms with Crippen molar-refractivity contribution < 1.29 is 14.8 Å². The van der Waals surface area contributed by atoms with Crippen molar-refractivity contribution in [1.29, 1.82) is 0 Å². The number of amides is 1. The Morgan fingerprint density at radius 2 is 1.90 bits per heavy atom. The molecular weight excluding hydrogens is 319 g/mol. The minimum atomic E-state index is -0.764. The van der Waals surface area contributed by atoms with Crippen LogP contribution in [0.1, 0.15) is 10.4 Å². The second kappa shape index (κ2) is 5.99. The van der Waals surface area contributed by atoms with Crippen LogP contribution in [-0.4, -0.2) is 15.9 Å². The van der Waals surface area contributed by atoms with Gasteiger partial charge in [-0.15, -0.1) is 0 Å². The number of hydrogen-bond donors (Lipinski definition) is 2. The summed E-state index contributed by atoms with van der Waals surface area (Å²) in [5.74, 6) is -0.832. The lowest BCUT2D eigenvalue weighted by molar-refractivity contribution is -0.385.